The molecule has 1 heterocycles. The van der Waals surface area contributed by atoms with Gasteiger partial charge in [0.15, 0.2) is 5.16 Å². The Kier molecular flexibility index (Phi) is 6.59. The number of halogens is 5. The van der Waals surface area contributed by atoms with Gasteiger partial charge in [0, 0.05) is 11.3 Å². The maximum Gasteiger partial charge on any atom is 0.416 e. The summed E-state index contributed by atoms with van der Waals surface area (Å²) < 4.78 is 67.1. The lowest BCUT2D eigenvalue weighted by Crippen LogP contribution is -2.37. The minimum Gasteiger partial charge on any atom is -0.273 e. The Morgan fingerprint density at radius 2 is 1.69 bits per heavy atom. The summed E-state index contributed by atoms with van der Waals surface area (Å²) in [4.78, 5) is 29.9. The Labute approximate surface area is 183 Å². The third-order valence-electron chi connectivity index (χ3n) is 4.51. The molecule has 1 aromatic heterocycles. The SMILES string of the molecule is CC(C)Sc1nc2cc(C(F)(F)F)ccc2c(=O)n1NC(=O)C(C)c1cc(F)cc(F)c1. The second-order valence-corrected chi connectivity index (χ2v) is 8.88. The molecule has 3 rings (SSSR count). The lowest BCUT2D eigenvalue weighted by molar-refractivity contribution is -0.137. The van der Waals surface area contributed by atoms with Crippen molar-refractivity contribution in [1.29, 1.82) is 0 Å². The zero-order chi connectivity index (χ0) is 23.8. The van der Waals surface area contributed by atoms with Crippen molar-refractivity contribution in [3.63, 3.8) is 0 Å². The normalized spacial score (nSPS) is 12.9. The molecular formula is C21H18F5N3O2S. The molecule has 5 nitrogen and oxygen atoms in total. The topological polar surface area (TPSA) is 64.0 Å². The number of rotatable bonds is 5. The molecule has 11 heteroatoms. The van der Waals surface area contributed by atoms with E-state index < -0.39 is 40.8 Å². The van der Waals surface area contributed by atoms with Crippen LogP contribution in [0.3, 0.4) is 0 Å². The number of carbonyl (C=O) groups excluding carboxylic acids is 1. The van der Waals surface area contributed by atoms with Crippen LogP contribution in [0.5, 0.6) is 0 Å². The zero-order valence-electron chi connectivity index (χ0n) is 17.1. The van der Waals surface area contributed by atoms with Gasteiger partial charge in [-0.1, -0.05) is 25.6 Å². The maximum atomic E-state index is 13.5. The van der Waals surface area contributed by atoms with E-state index >= 15 is 0 Å². The molecule has 1 N–H and O–H groups in total. The molecular weight excluding hydrogens is 453 g/mol. The van der Waals surface area contributed by atoms with Gasteiger partial charge in [-0.05, 0) is 42.8 Å². The van der Waals surface area contributed by atoms with Gasteiger partial charge in [0.1, 0.15) is 11.6 Å². The molecule has 0 aliphatic carbocycles. The van der Waals surface area contributed by atoms with E-state index in [2.05, 4.69) is 10.4 Å². The summed E-state index contributed by atoms with van der Waals surface area (Å²) in [6, 6.07) is 5.18. The van der Waals surface area contributed by atoms with Crippen LogP contribution in [-0.2, 0) is 11.0 Å². The first kappa shape index (κ1) is 23.7. The summed E-state index contributed by atoms with van der Waals surface area (Å²) in [5, 5.41) is -0.276. The van der Waals surface area contributed by atoms with Crippen LogP contribution >= 0.6 is 11.8 Å². The fraction of sp³-hybridized carbons (Fsp3) is 0.286. The average molecular weight is 471 g/mol. The highest BCUT2D eigenvalue weighted by molar-refractivity contribution is 7.99. The molecule has 0 aliphatic rings. The van der Waals surface area contributed by atoms with Crippen molar-refractivity contribution in [2.24, 2.45) is 0 Å². The van der Waals surface area contributed by atoms with Gasteiger partial charge in [0.25, 0.3) is 5.56 Å². The molecule has 1 unspecified atom stereocenters. The zero-order valence-corrected chi connectivity index (χ0v) is 17.9. The van der Waals surface area contributed by atoms with E-state index in [4.69, 9.17) is 0 Å². The van der Waals surface area contributed by atoms with Crippen LogP contribution in [0.15, 0.2) is 46.3 Å². The van der Waals surface area contributed by atoms with Crippen LogP contribution in [0, 0.1) is 11.6 Å². The molecule has 32 heavy (non-hydrogen) atoms. The van der Waals surface area contributed by atoms with Gasteiger partial charge in [-0.25, -0.2) is 13.8 Å². The summed E-state index contributed by atoms with van der Waals surface area (Å²) in [7, 11) is 0. The number of carbonyl (C=O) groups is 1. The van der Waals surface area contributed by atoms with E-state index in [0.29, 0.717) is 6.07 Å². The summed E-state index contributed by atoms with van der Waals surface area (Å²) in [5.74, 6) is -3.51. The third kappa shape index (κ3) is 5.09. The summed E-state index contributed by atoms with van der Waals surface area (Å²) >= 11 is 1.06. The van der Waals surface area contributed by atoms with Crippen LogP contribution in [0.2, 0.25) is 0 Å². The predicted molar refractivity (Wildman–Crippen MR) is 111 cm³/mol. The summed E-state index contributed by atoms with van der Waals surface area (Å²) in [6.07, 6.45) is -4.61. The van der Waals surface area contributed by atoms with Gasteiger partial charge in [0.2, 0.25) is 5.91 Å². The number of fused-ring (bicyclic) bond motifs is 1. The smallest absolute Gasteiger partial charge is 0.273 e. The van der Waals surface area contributed by atoms with E-state index in [0.717, 1.165) is 46.8 Å². The minimum absolute atomic E-state index is 0.0252. The van der Waals surface area contributed by atoms with Crippen LogP contribution in [0.4, 0.5) is 22.0 Å². The van der Waals surface area contributed by atoms with Gasteiger partial charge in [-0.3, -0.25) is 15.0 Å². The molecule has 170 valence electrons. The third-order valence-corrected chi connectivity index (χ3v) is 5.46. The average Bonchev–Trinajstić information content (AvgIpc) is 2.67. The maximum absolute atomic E-state index is 13.5. The molecule has 3 aromatic rings. The Hall–Kier alpha value is -2.95. The largest absolute Gasteiger partial charge is 0.416 e. The quantitative estimate of drug-likeness (QED) is 0.321. The summed E-state index contributed by atoms with van der Waals surface area (Å²) in [6.45, 7) is 4.95. The molecule has 1 amide bonds. The molecule has 1 atom stereocenters. The van der Waals surface area contributed by atoms with Crippen molar-refractivity contribution in [1.82, 2.24) is 9.66 Å². The van der Waals surface area contributed by atoms with Crippen molar-refractivity contribution in [2.75, 3.05) is 5.43 Å². The number of benzene rings is 2. The highest BCUT2D eigenvalue weighted by Crippen LogP contribution is 2.31. The Bertz CT molecular complexity index is 1220. The first-order valence-corrected chi connectivity index (χ1v) is 10.3. The molecule has 0 radical (unpaired) electrons. The predicted octanol–water partition coefficient (Wildman–Crippen LogP) is 5.07. The Balaban J connectivity index is 2.06. The standard InChI is InChI=1S/C21H18F5N3O2S/c1-10(2)32-20-27-17-8-13(21(24,25)26)4-5-16(17)19(31)29(20)28-18(30)11(3)12-6-14(22)9-15(23)7-12/h4-11H,1-3H3,(H,28,30). The first-order valence-electron chi connectivity index (χ1n) is 9.44. The lowest BCUT2D eigenvalue weighted by Gasteiger charge is -2.18. The Morgan fingerprint density at radius 3 is 2.25 bits per heavy atom. The molecule has 0 saturated heterocycles. The number of thioether (sulfide) groups is 1. The van der Waals surface area contributed by atoms with Gasteiger partial charge in [0.05, 0.1) is 22.4 Å². The van der Waals surface area contributed by atoms with E-state index in [1.165, 1.54) is 6.92 Å². The van der Waals surface area contributed by atoms with Crippen molar-refractivity contribution in [2.45, 2.75) is 43.3 Å². The molecule has 0 saturated carbocycles. The van der Waals surface area contributed by atoms with Gasteiger partial charge in [-0.15, -0.1) is 0 Å². The van der Waals surface area contributed by atoms with E-state index in [-0.39, 0.29) is 26.9 Å². The fourth-order valence-corrected chi connectivity index (χ4v) is 3.72. The minimum atomic E-state index is -4.61. The second kappa shape index (κ2) is 8.89. The number of hydrogen-bond acceptors (Lipinski definition) is 4. The number of nitrogens with zero attached hydrogens (tertiary/aromatic N) is 2. The summed E-state index contributed by atoms with van der Waals surface area (Å²) in [5.41, 5.74) is 0.519. The van der Waals surface area contributed by atoms with Gasteiger partial charge >= 0.3 is 6.18 Å². The number of nitrogens with one attached hydrogen (secondary N) is 1. The van der Waals surface area contributed by atoms with Gasteiger partial charge in [-0.2, -0.15) is 17.8 Å². The van der Waals surface area contributed by atoms with Crippen LogP contribution in [0.1, 0.15) is 37.8 Å². The van der Waals surface area contributed by atoms with E-state index in [1.54, 1.807) is 13.8 Å². The molecule has 2 aromatic carbocycles. The van der Waals surface area contributed by atoms with Crippen LogP contribution < -0.4 is 11.0 Å². The van der Waals surface area contributed by atoms with Crippen molar-refractivity contribution in [3.8, 4) is 0 Å². The van der Waals surface area contributed by atoms with Crippen molar-refractivity contribution >= 4 is 28.6 Å². The molecule has 0 aliphatic heterocycles. The lowest BCUT2D eigenvalue weighted by atomic mass is 10.0. The van der Waals surface area contributed by atoms with Crippen LogP contribution in [0.25, 0.3) is 10.9 Å². The molecule has 0 spiro atoms. The monoisotopic (exact) mass is 471 g/mol. The first-order chi connectivity index (χ1) is 14.9. The van der Waals surface area contributed by atoms with E-state index in [1.807, 2.05) is 0 Å². The highest BCUT2D eigenvalue weighted by atomic mass is 32.2. The van der Waals surface area contributed by atoms with E-state index in [9.17, 15) is 31.5 Å². The highest BCUT2D eigenvalue weighted by Gasteiger charge is 2.31. The second-order valence-electron chi connectivity index (χ2n) is 7.33. The molecule has 0 fully saturated rings. The number of amides is 1. The van der Waals surface area contributed by atoms with Gasteiger partial charge < -0.3 is 0 Å². The number of alkyl halides is 3. The van der Waals surface area contributed by atoms with Crippen molar-refractivity contribution < 1.29 is 26.7 Å². The molecule has 0 bridgehead atoms. The van der Waals surface area contributed by atoms with Crippen LogP contribution in [-0.4, -0.2) is 20.8 Å². The number of hydrogen-bond donors (Lipinski definition) is 1. The van der Waals surface area contributed by atoms with Crippen molar-refractivity contribution in [3.05, 3.63) is 69.5 Å². The number of aromatic nitrogens is 2. The Morgan fingerprint density at radius 1 is 1.06 bits per heavy atom. The fourth-order valence-electron chi connectivity index (χ4n) is 2.91.